The lowest BCUT2D eigenvalue weighted by molar-refractivity contribution is -0.385. The third kappa shape index (κ3) is 4.63. The Bertz CT molecular complexity index is 640. The number of nitriles is 1. The second kappa shape index (κ2) is 7.13. The van der Waals surface area contributed by atoms with Crippen molar-refractivity contribution in [1.29, 1.82) is 5.26 Å². The highest BCUT2D eigenvalue weighted by Crippen LogP contribution is 2.43. The van der Waals surface area contributed by atoms with E-state index in [2.05, 4.69) is 4.74 Å². The van der Waals surface area contributed by atoms with E-state index in [1.54, 1.807) is 0 Å². The second-order valence-electron chi connectivity index (χ2n) is 3.84. The largest absolute Gasteiger partial charge is 0.466 e. The maximum absolute atomic E-state index is 12.6. The number of benzene rings is 1. The lowest BCUT2D eigenvalue weighted by Crippen LogP contribution is -2.12. The second-order valence-corrected chi connectivity index (χ2v) is 4.91. The number of ether oxygens (including phenoxy) is 1. The van der Waals surface area contributed by atoms with Gasteiger partial charge in [-0.15, -0.1) is 0 Å². The summed E-state index contributed by atoms with van der Waals surface area (Å²) in [6.45, 7) is 1.47. The Balaban J connectivity index is 3.47. The van der Waals surface area contributed by atoms with Crippen LogP contribution in [-0.4, -0.2) is 23.0 Å². The van der Waals surface area contributed by atoms with E-state index in [0.29, 0.717) is 0 Å². The van der Waals surface area contributed by atoms with Gasteiger partial charge in [0.2, 0.25) is 0 Å². The lowest BCUT2D eigenvalue weighted by Gasteiger charge is -2.12. The monoisotopic (exact) mass is 334 g/mol. The number of halogens is 3. The Kier molecular flexibility index (Phi) is 5.76. The molecule has 0 saturated heterocycles. The summed E-state index contributed by atoms with van der Waals surface area (Å²) >= 11 is -0.665. The van der Waals surface area contributed by atoms with E-state index in [9.17, 15) is 28.1 Å². The van der Waals surface area contributed by atoms with Crippen molar-refractivity contribution in [2.45, 2.75) is 23.7 Å². The smallest absolute Gasteiger partial charge is 0.446 e. The standard InChI is InChI=1S/C12H9F3N2O4S/c1-2-21-10(18)5-8-9(17(19)20)4-3-7(6-16)11(8)22-12(13,14)15/h3-4H,2,5H2,1H3. The molecule has 0 unspecified atom stereocenters. The fourth-order valence-corrected chi connectivity index (χ4v) is 2.39. The molecule has 0 aromatic heterocycles. The Labute approximate surface area is 127 Å². The summed E-state index contributed by atoms with van der Waals surface area (Å²) in [5.74, 6) is -0.912. The summed E-state index contributed by atoms with van der Waals surface area (Å²) in [4.78, 5) is 20.9. The molecule has 0 aliphatic heterocycles. The number of nitro benzene ring substituents is 1. The number of esters is 1. The molecule has 0 aliphatic rings. The van der Waals surface area contributed by atoms with E-state index in [4.69, 9.17) is 5.26 Å². The Morgan fingerprint density at radius 3 is 2.59 bits per heavy atom. The van der Waals surface area contributed by atoms with Gasteiger partial charge < -0.3 is 4.74 Å². The number of carbonyl (C=O) groups excluding carboxylic acids is 1. The van der Waals surface area contributed by atoms with Crippen LogP contribution in [0.1, 0.15) is 18.1 Å². The van der Waals surface area contributed by atoms with Crippen LogP contribution in [0.25, 0.3) is 0 Å². The van der Waals surface area contributed by atoms with Crippen LogP contribution in [0.15, 0.2) is 17.0 Å². The highest BCUT2D eigenvalue weighted by molar-refractivity contribution is 8.00. The van der Waals surface area contributed by atoms with E-state index < -0.39 is 56.3 Å². The van der Waals surface area contributed by atoms with Crippen molar-refractivity contribution in [3.8, 4) is 6.07 Å². The van der Waals surface area contributed by atoms with Crippen LogP contribution in [0.3, 0.4) is 0 Å². The van der Waals surface area contributed by atoms with Crippen molar-refractivity contribution in [1.82, 2.24) is 0 Å². The zero-order valence-corrected chi connectivity index (χ0v) is 12.0. The van der Waals surface area contributed by atoms with Crippen LogP contribution in [0, 0.1) is 21.4 Å². The molecular formula is C12H9F3N2O4S. The third-order valence-corrected chi connectivity index (χ3v) is 3.30. The first-order valence-corrected chi connectivity index (χ1v) is 6.63. The molecule has 0 atom stereocenters. The van der Waals surface area contributed by atoms with Crippen molar-refractivity contribution < 1.29 is 27.6 Å². The predicted molar refractivity (Wildman–Crippen MR) is 70.1 cm³/mol. The van der Waals surface area contributed by atoms with E-state index in [-0.39, 0.29) is 6.61 Å². The molecule has 0 radical (unpaired) electrons. The zero-order chi connectivity index (χ0) is 16.9. The van der Waals surface area contributed by atoms with Crippen LogP contribution < -0.4 is 0 Å². The average Bonchev–Trinajstić information content (AvgIpc) is 2.38. The minimum atomic E-state index is -4.76. The van der Waals surface area contributed by atoms with Crippen LogP contribution >= 0.6 is 11.8 Å². The molecule has 1 aromatic rings. The predicted octanol–water partition coefficient (Wildman–Crippen LogP) is 3.18. The first kappa shape index (κ1) is 17.8. The SMILES string of the molecule is CCOC(=O)Cc1c([N+](=O)[O-])ccc(C#N)c1SC(F)(F)F. The van der Waals surface area contributed by atoms with Crippen LogP contribution in [0.2, 0.25) is 0 Å². The first-order valence-electron chi connectivity index (χ1n) is 5.81. The normalized spacial score (nSPS) is 10.9. The highest BCUT2D eigenvalue weighted by atomic mass is 32.2. The summed E-state index contributed by atoms with van der Waals surface area (Å²) in [6, 6.07) is 3.35. The van der Waals surface area contributed by atoms with Gasteiger partial charge in [-0.1, -0.05) is 0 Å². The minimum Gasteiger partial charge on any atom is -0.466 e. The fourth-order valence-electron chi connectivity index (χ4n) is 1.64. The summed E-state index contributed by atoms with van der Waals surface area (Å²) in [5.41, 5.74) is -6.31. The molecule has 6 nitrogen and oxygen atoms in total. The van der Waals surface area contributed by atoms with Crippen molar-refractivity contribution in [2.24, 2.45) is 0 Å². The van der Waals surface area contributed by atoms with E-state index in [0.717, 1.165) is 12.1 Å². The number of alkyl halides is 3. The van der Waals surface area contributed by atoms with Gasteiger partial charge in [-0.3, -0.25) is 14.9 Å². The molecule has 10 heteroatoms. The summed E-state index contributed by atoms with van der Waals surface area (Å²) in [6.07, 6.45) is -0.724. The van der Waals surface area contributed by atoms with Gasteiger partial charge in [-0.05, 0) is 24.8 Å². The van der Waals surface area contributed by atoms with E-state index in [1.807, 2.05) is 0 Å². The topological polar surface area (TPSA) is 93.2 Å². The number of rotatable bonds is 5. The molecule has 22 heavy (non-hydrogen) atoms. The summed E-state index contributed by atoms with van der Waals surface area (Å²) in [7, 11) is 0. The number of thioether (sulfide) groups is 1. The number of nitrogens with zero attached hydrogens (tertiary/aromatic N) is 2. The lowest BCUT2D eigenvalue weighted by atomic mass is 10.1. The van der Waals surface area contributed by atoms with Gasteiger partial charge in [0.1, 0.15) is 6.07 Å². The molecule has 0 aliphatic carbocycles. The average molecular weight is 334 g/mol. The molecule has 0 N–H and O–H groups in total. The number of hydrogen-bond donors (Lipinski definition) is 0. The first-order chi connectivity index (χ1) is 10.2. The zero-order valence-electron chi connectivity index (χ0n) is 11.1. The molecule has 0 saturated carbocycles. The molecule has 0 amide bonds. The van der Waals surface area contributed by atoms with Crippen molar-refractivity contribution in [3.63, 3.8) is 0 Å². The van der Waals surface area contributed by atoms with Gasteiger partial charge in [0.25, 0.3) is 5.69 Å². The van der Waals surface area contributed by atoms with Gasteiger partial charge in [0, 0.05) is 11.0 Å². The van der Waals surface area contributed by atoms with Crippen molar-refractivity contribution in [2.75, 3.05) is 6.61 Å². The van der Waals surface area contributed by atoms with Gasteiger partial charge in [-0.25, -0.2) is 0 Å². The quantitative estimate of drug-likeness (QED) is 0.355. The summed E-state index contributed by atoms with van der Waals surface area (Å²) < 4.78 is 42.5. The molecular weight excluding hydrogens is 325 g/mol. The Hall–Kier alpha value is -2.28. The highest BCUT2D eigenvalue weighted by Gasteiger charge is 2.35. The maximum Gasteiger partial charge on any atom is 0.446 e. The molecule has 118 valence electrons. The van der Waals surface area contributed by atoms with Gasteiger partial charge in [0.15, 0.2) is 0 Å². The molecule has 0 spiro atoms. The fraction of sp³-hybridized carbons (Fsp3) is 0.333. The Morgan fingerprint density at radius 1 is 1.50 bits per heavy atom. The number of nitro groups is 1. The van der Waals surface area contributed by atoms with Crippen LogP contribution in [0.5, 0.6) is 0 Å². The van der Waals surface area contributed by atoms with E-state index in [1.165, 1.54) is 13.0 Å². The van der Waals surface area contributed by atoms with Crippen LogP contribution in [-0.2, 0) is 16.0 Å². The Morgan fingerprint density at radius 2 is 2.14 bits per heavy atom. The van der Waals surface area contributed by atoms with Crippen LogP contribution in [0.4, 0.5) is 18.9 Å². The maximum atomic E-state index is 12.6. The van der Waals surface area contributed by atoms with Gasteiger partial charge >= 0.3 is 11.5 Å². The van der Waals surface area contributed by atoms with Gasteiger partial charge in [0.05, 0.1) is 29.1 Å². The molecule has 0 fully saturated rings. The van der Waals surface area contributed by atoms with Crippen molar-refractivity contribution >= 4 is 23.4 Å². The molecule has 1 aromatic carbocycles. The molecule has 1 rings (SSSR count). The number of carbonyl (C=O) groups is 1. The van der Waals surface area contributed by atoms with Gasteiger partial charge in [-0.2, -0.15) is 18.4 Å². The van der Waals surface area contributed by atoms with E-state index >= 15 is 0 Å². The van der Waals surface area contributed by atoms with Crippen molar-refractivity contribution in [3.05, 3.63) is 33.4 Å². The molecule has 0 heterocycles. The molecule has 0 bridgehead atoms. The summed E-state index contributed by atoms with van der Waals surface area (Å²) in [5, 5.41) is 19.8. The third-order valence-electron chi connectivity index (χ3n) is 2.40. The number of hydrogen-bond acceptors (Lipinski definition) is 6. The minimum absolute atomic E-state index is 0.0215.